The van der Waals surface area contributed by atoms with Crippen LogP contribution in [0.5, 0.6) is 0 Å². The smallest absolute Gasteiger partial charge is 0.355 e. The maximum absolute atomic E-state index is 12.6. The molecule has 0 saturated heterocycles. The number of rotatable bonds is 6. The van der Waals surface area contributed by atoms with Gasteiger partial charge in [-0.2, -0.15) is 0 Å². The molecule has 5 heteroatoms. The van der Waals surface area contributed by atoms with E-state index in [2.05, 4.69) is 10.3 Å². The monoisotopic (exact) mass is 422 g/mol. The van der Waals surface area contributed by atoms with Crippen molar-refractivity contribution in [3.8, 4) is 22.4 Å². The highest BCUT2D eigenvalue weighted by Gasteiger charge is 2.23. The number of carbonyl (C=O) groups excluding carboxylic acids is 2. The Bertz CT molecular complexity index is 1240. The van der Waals surface area contributed by atoms with Gasteiger partial charge in [-0.25, -0.2) is 4.79 Å². The van der Waals surface area contributed by atoms with Gasteiger partial charge in [-0.1, -0.05) is 78.9 Å². The first-order valence-electron chi connectivity index (χ1n) is 10.2. The number of methoxy groups -OCH3 is 1. The highest BCUT2D eigenvalue weighted by Crippen LogP contribution is 2.37. The van der Waals surface area contributed by atoms with Gasteiger partial charge in [0.2, 0.25) is 5.91 Å². The fourth-order valence-electron chi connectivity index (χ4n) is 3.53. The summed E-state index contributed by atoms with van der Waals surface area (Å²) in [5, 5.41) is 2.82. The standard InChI is InChI=1S/C27H22N2O3/c1-32-27(31)26-22(17-18-23(30)28-21-15-9-4-10-16-21)24(19-11-5-2-6-12-19)25(29-26)20-13-7-3-8-14-20/h2-18,29H,1H3,(H,28,30)/b18-17+. The lowest BCUT2D eigenvalue weighted by atomic mass is 9.96. The average molecular weight is 422 g/mol. The zero-order chi connectivity index (χ0) is 22.3. The molecule has 158 valence electrons. The first-order chi connectivity index (χ1) is 15.7. The summed E-state index contributed by atoms with van der Waals surface area (Å²) in [5.41, 5.74) is 5.00. The number of para-hydroxylation sites is 1. The molecule has 0 atom stereocenters. The van der Waals surface area contributed by atoms with Crippen molar-refractivity contribution in [3.63, 3.8) is 0 Å². The van der Waals surface area contributed by atoms with E-state index < -0.39 is 5.97 Å². The quantitative estimate of drug-likeness (QED) is 0.305. The van der Waals surface area contributed by atoms with Crippen molar-refractivity contribution in [1.29, 1.82) is 0 Å². The molecular weight excluding hydrogens is 400 g/mol. The minimum Gasteiger partial charge on any atom is -0.464 e. The third-order valence-corrected chi connectivity index (χ3v) is 5.00. The van der Waals surface area contributed by atoms with Gasteiger partial charge in [0.05, 0.1) is 12.8 Å². The second-order valence-electron chi connectivity index (χ2n) is 7.08. The van der Waals surface area contributed by atoms with Gasteiger partial charge < -0.3 is 15.0 Å². The summed E-state index contributed by atoms with van der Waals surface area (Å²) in [6.45, 7) is 0. The van der Waals surface area contributed by atoms with Crippen LogP contribution >= 0.6 is 0 Å². The first kappa shape index (κ1) is 20.9. The van der Waals surface area contributed by atoms with Crippen LogP contribution in [0.4, 0.5) is 5.69 Å². The predicted octanol–water partition coefficient (Wildman–Crippen LogP) is 5.79. The molecular formula is C27H22N2O3. The number of anilines is 1. The Balaban J connectivity index is 1.83. The van der Waals surface area contributed by atoms with Crippen molar-refractivity contribution in [2.24, 2.45) is 0 Å². The lowest BCUT2D eigenvalue weighted by Gasteiger charge is -2.07. The molecule has 0 spiro atoms. The summed E-state index contributed by atoms with van der Waals surface area (Å²) in [5.74, 6) is -0.805. The third-order valence-electron chi connectivity index (χ3n) is 5.00. The molecule has 1 amide bonds. The number of carbonyl (C=O) groups is 2. The molecule has 4 aromatic rings. The van der Waals surface area contributed by atoms with Crippen molar-refractivity contribution >= 4 is 23.6 Å². The molecule has 1 heterocycles. The van der Waals surface area contributed by atoms with Crippen LogP contribution in [0, 0.1) is 0 Å². The number of nitrogens with one attached hydrogen (secondary N) is 2. The van der Waals surface area contributed by atoms with Crippen LogP contribution in [0.15, 0.2) is 97.1 Å². The average Bonchev–Trinajstić information content (AvgIpc) is 3.23. The molecule has 0 aliphatic rings. The molecule has 32 heavy (non-hydrogen) atoms. The van der Waals surface area contributed by atoms with Gasteiger partial charge in [-0.15, -0.1) is 0 Å². The molecule has 0 fully saturated rings. The van der Waals surface area contributed by atoms with Gasteiger partial charge in [-0.3, -0.25) is 4.79 Å². The van der Waals surface area contributed by atoms with E-state index in [1.165, 1.54) is 13.2 Å². The molecule has 0 aliphatic carbocycles. The van der Waals surface area contributed by atoms with Crippen LogP contribution in [0.3, 0.4) is 0 Å². The van der Waals surface area contributed by atoms with Crippen molar-refractivity contribution in [1.82, 2.24) is 4.98 Å². The van der Waals surface area contributed by atoms with Gasteiger partial charge in [0.25, 0.3) is 0 Å². The highest BCUT2D eigenvalue weighted by molar-refractivity contribution is 6.06. The minimum atomic E-state index is -0.507. The maximum atomic E-state index is 12.6. The van der Waals surface area contributed by atoms with Crippen LogP contribution in [0.2, 0.25) is 0 Å². The Morgan fingerprint density at radius 2 is 1.38 bits per heavy atom. The van der Waals surface area contributed by atoms with Crippen molar-refractivity contribution in [2.75, 3.05) is 12.4 Å². The summed E-state index contributed by atoms with van der Waals surface area (Å²) in [6.07, 6.45) is 3.07. The van der Waals surface area contributed by atoms with Crippen LogP contribution in [-0.4, -0.2) is 24.0 Å². The van der Waals surface area contributed by atoms with Gasteiger partial charge in [0.15, 0.2) is 0 Å². The van der Waals surface area contributed by atoms with Crippen LogP contribution in [0.25, 0.3) is 28.5 Å². The lowest BCUT2D eigenvalue weighted by molar-refractivity contribution is -0.111. The summed E-state index contributed by atoms with van der Waals surface area (Å²) in [4.78, 5) is 28.4. The molecule has 2 N–H and O–H groups in total. The summed E-state index contributed by atoms with van der Waals surface area (Å²) >= 11 is 0. The summed E-state index contributed by atoms with van der Waals surface area (Å²) in [6, 6.07) is 28.7. The van der Waals surface area contributed by atoms with Gasteiger partial charge in [-0.05, 0) is 29.3 Å². The van der Waals surface area contributed by atoms with E-state index in [1.807, 2.05) is 91.0 Å². The first-order valence-corrected chi connectivity index (χ1v) is 10.2. The Morgan fingerprint density at radius 3 is 1.97 bits per heavy atom. The largest absolute Gasteiger partial charge is 0.464 e. The number of aromatic amines is 1. The third kappa shape index (κ3) is 4.52. The molecule has 3 aromatic carbocycles. The summed E-state index contributed by atoms with van der Waals surface area (Å²) in [7, 11) is 1.34. The topological polar surface area (TPSA) is 71.2 Å². The molecule has 1 aromatic heterocycles. The molecule has 0 bridgehead atoms. The normalized spacial score (nSPS) is 10.8. The minimum absolute atomic E-state index is 0.286. The zero-order valence-corrected chi connectivity index (χ0v) is 17.5. The molecule has 0 radical (unpaired) electrons. The number of ether oxygens (including phenoxy) is 1. The Kier molecular flexibility index (Phi) is 6.28. The van der Waals surface area contributed by atoms with Gasteiger partial charge in [0.1, 0.15) is 5.69 Å². The highest BCUT2D eigenvalue weighted by atomic mass is 16.5. The molecule has 0 aliphatic heterocycles. The van der Waals surface area contributed by atoms with E-state index in [4.69, 9.17) is 4.74 Å². The number of amides is 1. The van der Waals surface area contributed by atoms with Crippen molar-refractivity contribution < 1.29 is 14.3 Å². The van der Waals surface area contributed by atoms with Crippen LogP contribution < -0.4 is 5.32 Å². The molecule has 4 rings (SSSR count). The number of esters is 1. The second-order valence-corrected chi connectivity index (χ2v) is 7.08. The van der Waals surface area contributed by atoms with E-state index in [9.17, 15) is 9.59 Å². The Labute approximate surface area is 186 Å². The number of H-pyrrole nitrogens is 1. The van der Waals surface area contributed by atoms with E-state index in [0.717, 1.165) is 22.4 Å². The second kappa shape index (κ2) is 9.62. The fraction of sp³-hybridized carbons (Fsp3) is 0.0370. The van der Waals surface area contributed by atoms with E-state index in [0.29, 0.717) is 11.3 Å². The predicted molar refractivity (Wildman–Crippen MR) is 127 cm³/mol. The van der Waals surface area contributed by atoms with Gasteiger partial charge in [0, 0.05) is 22.9 Å². The number of hydrogen-bond acceptors (Lipinski definition) is 3. The fourth-order valence-corrected chi connectivity index (χ4v) is 3.53. The zero-order valence-electron chi connectivity index (χ0n) is 17.5. The van der Waals surface area contributed by atoms with Crippen molar-refractivity contribution in [2.45, 2.75) is 0 Å². The number of hydrogen-bond donors (Lipinski definition) is 2. The Morgan fingerprint density at radius 1 is 0.812 bits per heavy atom. The summed E-state index contributed by atoms with van der Waals surface area (Å²) < 4.78 is 5.01. The molecule has 0 saturated carbocycles. The SMILES string of the molecule is COC(=O)c1[nH]c(-c2ccccc2)c(-c2ccccc2)c1/C=C/C(=O)Nc1ccccc1. The van der Waals surface area contributed by atoms with E-state index >= 15 is 0 Å². The van der Waals surface area contributed by atoms with Crippen LogP contribution in [0.1, 0.15) is 16.1 Å². The maximum Gasteiger partial charge on any atom is 0.355 e. The Hall–Kier alpha value is -4.38. The van der Waals surface area contributed by atoms with Gasteiger partial charge >= 0.3 is 5.97 Å². The molecule has 0 unspecified atom stereocenters. The number of aromatic nitrogens is 1. The van der Waals surface area contributed by atoms with Crippen molar-refractivity contribution in [3.05, 3.63) is 108 Å². The molecule has 5 nitrogen and oxygen atoms in total. The van der Waals surface area contributed by atoms with E-state index in [1.54, 1.807) is 6.08 Å². The lowest BCUT2D eigenvalue weighted by Crippen LogP contribution is -2.08. The number of benzene rings is 3. The van der Waals surface area contributed by atoms with E-state index in [-0.39, 0.29) is 11.6 Å². The van der Waals surface area contributed by atoms with Crippen LogP contribution in [-0.2, 0) is 9.53 Å².